The van der Waals surface area contributed by atoms with Crippen LogP contribution in [0.1, 0.15) is 30.2 Å². The third-order valence-corrected chi connectivity index (χ3v) is 6.86. The first kappa shape index (κ1) is 18.5. The quantitative estimate of drug-likeness (QED) is 0.370. The average Bonchev–Trinajstić information content (AvgIpc) is 3.24. The van der Waals surface area contributed by atoms with Gasteiger partial charge in [0.15, 0.2) is 5.16 Å². The molecule has 0 amide bonds. The van der Waals surface area contributed by atoms with Gasteiger partial charge >= 0.3 is 0 Å². The Bertz CT molecular complexity index is 1010. The first-order valence-corrected chi connectivity index (χ1v) is 11.1. The van der Waals surface area contributed by atoms with Crippen molar-refractivity contribution in [2.75, 3.05) is 19.0 Å². The van der Waals surface area contributed by atoms with Crippen LogP contribution in [0.4, 0.5) is 0 Å². The Hall–Kier alpha value is -1.83. The Morgan fingerprint density at radius 1 is 1.30 bits per heavy atom. The zero-order valence-corrected chi connectivity index (χ0v) is 16.9. The molecule has 0 fully saturated rings. The minimum absolute atomic E-state index is 0.00931. The highest BCUT2D eigenvalue weighted by molar-refractivity contribution is 7.99. The maximum Gasteiger partial charge on any atom is 0.267 e. The van der Waals surface area contributed by atoms with E-state index in [4.69, 9.17) is 14.8 Å². The van der Waals surface area contributed by atoms with Crippen LogP contribution in [-0.4, -0.2) is 33.6 Å². The molecule has 0 bridgehead atoms. The number of aliphatic hydroxyl groups excluding tert-OH is 1. The summed E-state index contributed by atoms with van der Waals surface area (Å²) >= 11 is 3.18. The fraction of sp³-hybridized carbons (Fsp3) is 0.400. The average molecular weight is 403 g/mol. The fourth-order valence-corrected chi connectivity index (χ4v) is 5.67. The number of hydrogen-bond donors (Lipinski definition) is 1. The third kappa shape index (κ3) is 3.51. The van der Waals surface area contributed by atoms with Crippen molar-refractivity contribution in [2.45, 2.75) is 37.8 Å². The molecule has 0 atom stereocenters. The van der Waals surface area contributed by atoms with Crippen LogP contribution < -0.4 is 10.3 Å². The lowest BCUT2D eigenvalue weighted by atomic mass is 10.2. The standard InChI is InChI=1S/C20H22N2O3S2/c1-2-25-14-9-7-13(8-10-14)22-19(24)17-15-5-3-6-16(15)27-18(17)21-20(22)26-12-4-11-23/h7-10,23H,2-6,11-12H2,1H3. The molecule has 0 aliphatic heterocycles. The molecule has 0 unspecified atom stereocenters. The summed E-state index contributed by atoms with van der Waals surface area (Å²) in [7, 11) is 0. The van der Waals surface area contributed by atoms with Crippen LogP contribution in [-0.2, 0) is 12.8 Å². The van der Waals surface area contributed by atoms with Crippen molar-refractivity contribution in [2.24, 2.45) is 0 Å². The summed E-state index contributed by atoms with van der Waals surface area (Å²) in [5.41, 5.74) is 2.00. The van der Waals surface area contributed by atoms with Crippen LogP contribution in [0.5, 0.6) is 5.75 Å². The SMILES string of the molecule is CCOc1ccc(-n2c(SCCCO)nc3sc4c(c3c2=O)CCC4)cc1. The smallest absolute Gasteiger partial charge is 0.267 e. The van der Waals surface area contributed by atoms with Crippen molar-refractivity contribution in [3.63, 3.8) is 0 Å². The number of ether oxygens (including phenoxy) is 1. The first-order valence-electron chi connectivity index (χ1n) is 9.27. The van der Waals surface area contributed by atoms with Gasteiger partial charge in [-0.25, -0.2) is 4.98 Å². The van der Waals surface area contributed by atoms with E-state index in [2.05, 4.69) is 0 Å². The summed E-state index contributed by atoms with van der Waals surface area (Å²) in [5.74, 6) is 1.51. The van der Waals surface area contributed by atoms with Gasteiger partial charge in [-0.1, -0.05) is 11.8 Å². The number of fused-ring (bicyclic) bond motifs is 3. The predicted octanol–water partition coefficient (Wildman–Crippen LogP) is 3.81. The summed E-state index contributed by atoms with van der Waals surface area (Å²) in [5, 5.41) is 10.6. The molecule has 0 saturated carbocycles. The summed E-state index contributed by atoms with van der Waals surface area (Å²) in [6.07, 6.45) is 3.80. The summed E-state index contributed by atoms with van der Waals surface area (Å²) in [4.78, 5) is 20.4. The summed E-state index contributed by atoms with van der Waals surface area (Å²) in [6.45, 7) is 2.69. The molecule has 7 heteroatoms. The molecule has 2 heterocycles. The maximum absolute atomic E-state index is 13.4. The molecule has 1 N–H and O–H groups in total. The highest BCUT2D eigenvalue weighted by Gasteiger charge is 2.23. The van der Waals surface area contributed by atoms with Crippen molar-refractivity contribution < 1.29 is 9.84 Å². The van der Waals surface area contributed by atoms with Gasteiger partial charge in [0.05, 0.1) is 17.7 Å². The minimum atomic E-state index is 0.00931. The molecule has 1 aromatic carbocycles. The van der Waals surface area contributed by atoms with E-state index in [9.17, 15) is 4.79 Å². The molecule has 1 aliphatic rings. The number of rotatable bonds is 7. The van der Waals surface area contributed by atoms with Crippen LogP contribution in [0.15, 0.2) is 34.2 Å². The highest BCUT2D eigenvalue weighted by atomic mass is 32.2. The van der Waals surface area contributed by atoms with E-state index in [0.29, 0.717) is 18.2 Å². The van der Waals surface area contributed by atoms with E-state index in [-0.39, 0.29) is 12.2 Å². The molecule has 0 spiro atoms. The molecular formula is C20H22N2O3S2. The van der Waals surface area contributed by atoms with Crippen LogP contribution in [0, 0.1) is 0 Å². The van der Waals surface area contributed by atoms with E-state index in [1.165, 1.54) is 22.2 Å². The molecule has 4 rings (SSSR count). The van der Waals surface area contributed by atoms with Gasteiger partial charge in [0.2, 0.25) is 0 Å². The van der Waals surface area contributed by atoms with E-state index < -0.39 is 0 Å². The number of benzene rings is 1. The zero-order chi connectivity index (χ0) is 18.8. The lowest BCUT2D eigenvalue weighted by Crippen LogP contribution is -2.22. The second-order valence-corrected chi connectivity index (χ2v) is 8.57. The molecule has 3 aromatic rings. The highest BCUT2D eigenvalue weighted by Crippen LogP contribution is 2.36. The number of nitrogens with zero attached hydrogens (tertiary/aromatic N) is 2. The topological polar surface area (TPSA) is 64.3 Å². The largest absolute Gasteiger partial charge is 0.494 e. The van der Waals surface area contributed by atoms with Gasteiger partial charge in [-0.2, -0.15) is 0 Å². The molecule has 5 nitrogen and oxygen atoms in total. The summed E-state index contributed by atoms with van der Waals surface area (Å²) < 4.78 is 7.23. The number of aryl methyl sites for hydroxylation is 2. The molecule has 142 valence electrons. The van der Waals surface area contributed by atoms with Crippen molar-refractivity contribution in [3.8, 4) is 11.4 Å². The molecule has 0 saturated heterocycles. The Kier molecular flexibility index (Phi) is 5.52. The Morgan fingerprint density at radius 2 is 2.11 bits per heavy atom. The van der Waals surface area contributed by atoms with Crippen molar-refractivity contribution in [3.05, 3.63) is 45.1 Å². The van der Waals surface area contributed by atoms with Gasteiger partial charge in [0.25, 0.3) is 5.56 Å². The number of hydrogen-bond acceptors (Lipinski definition) is 6. The van der Waals surface area contributed by atoms with Gasteiger partial charge in [-0.15, -0.1) is 11.3 Å². The lowest BCUT2D eigenvalue weighted by Gasteiger charge is -2.13. The normalized spacial score (nSPS) is 13.3. The van der Waals surface area contributed by atoms with E-state index in [1.807, 2.05) is 31.2 Å². The van der Waals surface area contributed by atoms with E-state index in [1.54, 1.807) is 15.9 Å². The summed E-state index contributed by atoms with van der Waals surface area (Å²) in [6, 6.07) is 7.58. The lowest BCUT2D eigenvalue weighted by molar-refractivity contribution is 0.296. The van der Waals surface area contributed by atoms with Crippen molar-refractivity contribution in [1.29, 1.82) is 0 Å². The van der Waals surface area contributed by atoms with Crippen molar-refractivity contribution >= 4 is 33.3 Å². The van der Waals surface area contributed by atoms with Gasteiger partial charge in [-0.05, 0) is 62.4 Å². The minimum Gasteiger partial charge on any atom is -0.494 e. The van der Waals surface area contributed by atoms with Gasteiger partial charge in [0.1, 0.15) is 10.6 Å². The molecule has 2 aromatic heterocycles. The van der Waals surface area contributed by atoms with E-state index >= 15 is 0 Å². The zero-order valence-electron chi connectivity index (χ0n) is 15.2. The molecular weight excluding hydrogens is 380 g/mol. The van der Waals surface area contributed by atoms with Gasteiger partial charge in [0, 0.05) is 17.2 Å². The number of aromatic nitrogens is 2. The molecule has 0 radical (unpaired) electrons. The van der Waals surface area contributed by atoms with Gasteiger partial charge < -0.3 is 9.84 Å². The monoisotopic (exact) mass is 402 g/mol. The fourth-order valence-electron chi connectivity index (χ4n) is 3.44. The maximum atomic E-state index is 13.4. The molecule has 1 aliphatic carbocycles. The van der Waals surface area contributed by atoms with Gasteiger partial charge in [-0.3, -0.25) is 9.36 Å². The Morgan fingerprint density at radius 3 is 2.85 bits per heavy atom. The second kappa shape index (κ2) is 8.04. The van der Waals surface area contributed by atoms with E-state index in [0.717, 1.165) is 46.7 Å². The Labute approximate surface area is 166 Å². The van der Waals surface area contributed by atoms with Crippen molar-refractivity contribution in [1.82, 2.24) is 9.55 Å². The predicted molar refractivity (Wildman–Crippen MR) is 111 cm³/mol. The molecule has 27 heavy (non-hydrogen) atoms. The van der Waals surface area contributed by atoms with Crippen LogP contribution >= 0.6 is 23.1 Å². The van der Waals surface area contributed by atoms with Crippen LogP contribution in [0.2, 0.25) is 0 Å². The number of thiophene rings is 1. The van der Waals surface area contributed by atoms with Crippen LogP contribution in [0.25, 0.3) is 15.9 Å². The first-order chi connectivity index (χ1) is 13.2. The second-order valence-electron chi connectivity index (χ2n) is 6.42. The Balaban J connectivity index is 1.85. The van der Waals surface area contributed by atoms with Crippen LogP contribution in [0.3, 0.4) is 0 Å². The number of thioether (sulfide) groups is 1. The third-order valence-electron chi connectivity index (χ3n) is 4.65. The number of aliphatic hydroxyl groups is 1.